The van der Waals surface area contributed by atoms with Gasteiger partial charge in [0.2, 0.25) is 0 Å². The summed E-state index contributed by atoms with van der Waals surface area (Å²) in [5, 5.41) is 3.49. The lowest BCUT2D eigenvalue weighted by Crippen LogP contribution is -2.39. The summed E-state index contributed by atoms with van der Waals surface area (Å²) in [7, 11) is 1.80. The molecule has 1 heterocycles. The quantitative estimate of drug-likeness (QED) is 0.868. The summed E-state index contributed by atoms with van der Waals surface area (Å²) in [5.41, 5.74) is 1.17. The molecule has 19 heavy (non-hydrogen) atoms. The summed E-state index contributed by atoms with van der Waals surface area (Å²) in [6.45, 7) is 5.38. The zero-order valence-corrected chi connectivity index (χ0v) is 13.2. The van der Waals surface area contributed by atoms with Gasteiger partial charge in [-0.15, -0.1) is 0 Å². The predicted molar refractivity (Wildman–Crippen MR) is 83.7 cm³/mol. The Kier molecular flexibility index (Phi) is 6.14. The van der Waals surface area contributed by atoms with Gasteiger partial charge >= 0.3 is 0 Å². The first-order valence-corrected chi connectivity index (χ1v) is 7.78. The maximum Gasteiger partial charge on any atom is 0.0502 e. The van der Waals surface area contributed by atoms with Gasteiger partial charge in [0.15, 0.2) is 0 Å². The van der Waals surface area contributed by atoms with Gasteiger partial charge in [-0.25, -0.2) is 0 Å². The van der Waals surface area contributed by atoms with Crippen LogP contribution >= 0.6 is 15.9 Å². The molecule has 1 aliphatic rings. The molecule has 1 unspecified atom stereocenters. The lowest BCUT2D eigenvalue weighted by molar-refractivity contribution is 0.0926. The molecule has 0 aliphatic carbocycles. The van der Waals surface area contributed by atoms with Crippen LogP contribution in [0.4, 0.5) is 5.69 Å². The highest BCUT2D eigenvalue weighted by Crippen LogP contribution is 2.21. The number of nitrogens with one attached hydrogen (secondary N) is 1. The van der Waals surface area contributed by atoms with Gasteiger partial charge in [-0.1, -0.05) is 12.1 Å². The molecule has 4 heteroatoms. The largest absolute Gasteiger partial charge is 0.384 e. The fourth-order valence-corrected chi connectivity index (χ4v) is 3.10. The first-order valence-electron chi connectivity index (χ1n) is 6.99. The standard InChI is InChI=1S/C15H23BrN2O/c1-19-12-13-5-4-9-18(11-13)10-8-17-15-7-3-2-6-14(15)16/h2-3,6-7,13,17H,4-5,8-12H2,1H3. The van der Waals surface area contributed by atoms with E-state index in [9.17, 15) is 0 Å². The monoisotopic (exact) mass is 326 g/mol. The molecule has 0 aromatic heterocycles. The van der Waals surface area contributed by atoms with Crippen molar-refractivity contribution in [3.63, 3.8) is 0 Å². The number of ether oxygens (including phenoxy) is 1. The van der Waals surface area contributed by atoms with E-state index >= 15 is 0 Å². The van der Waals surface area contributed by atoms with Crippen molar-refractivity contribution in [2.24, 2.45) is 5.92 Å². The Bertz CT molecular complexity index is 384. The second kappa shape index (κ2) is 7.88. The van der Waals surface area contributed by atoms with E-state index in [1.807, 2.05) is 6.07 Å². The molecular formula is C15H23BrN2O. The predicted octanol–water partition coefficient (Wildman–Crippen LogP) is 3.22. The minimum atomic E-state index is 0.710. The highest BCUT2D eigenvalue weighted by Gasteiger charge is 2.19. The third-order valence-electron chi connectivity index (χ3n) is 3.62. The van der Waals surface area contributed by atoms with Gasteiger partial charge in [-0.2, -0.15) is 0 Å². The van der Waals surface area contributed by atoms with Gasteiger partial charge < -0.3 is 15.0 Å². The highest BCUT2D eigenvalue weighted by atomic mass is 79.9. The molecule has 1 aromatic rings. The van der Waals surface area contributed by atoms with Crippen LogP contribution < -0.4 is 5.32 Å². The molecule has 1 atom stereocenters. The third kappa shape index (κ3) is 4.79. The molecule has 1 aliphatic heterocycles. The number of halogens is 1. The Labute approximate surface area is 124 Å². The molecule has 0 bridgehead atoms. The van der Waals surface area contributed by atoms with Crippen LogP contribution in [0.2, 0.25) is 0 Å². The molecule has 3 nitrogen and oxygen atoms in total. The summed E-state index contributed by atoms with van der Waals surface area (Å²) < 4.78 is 6.40. The van der Waals surface area contributed by atoms with Crippen molar-refractivity contribution in [3.05, 3.63) is 28.7 Å². The fraction of sp³-hybridized carbons (Fsp3) is 0.600. The van der Waals surface area contributed by atoms with Gasteiger partial charge in [0.1, 0.15) is 0 Å². The van der Waals surface area contributed by atoms with E-state index in [-0.39, 0.29) is 0 Å². The zero-order chi connectivity index (χ0) is 13.5. The topological polar surface area (TPSA) is 24.5 Å². The minimum absolute atomic E-state index is 0.710. The van der Waals surface area contributed by atoms with Crippen LogP contribution in [0.25, 0.3) is 0 Å². The number of piperidine rings is 1. The van der Waals surface area contributed by atoms with Crippen LogP contribution in [-0.2, 0) is 4.74 Å². The molecule has 1 N–H and O–H groups in total. The lowest BCUT2D eigenvalue weighted by Gasteiger charge is -2.32. The zero-order valence-electron chi connectivity index (χ0n) is 11.6. The normalized spacial score (nSPS) is 20.4. The summed E-state index contributed by atoms with van der Waals surface area (Å²) in [6.07, 6.45) is 2.60. The molecule has 0 radical (unpaired) electrons. The molecule has 1 fully saturated rings. The Morgan fingerprint density at radius 2 is 2.26 bits per heavy atom. The number of para-hydroxylation sites is 1. The summed E-state index contributed by atoms with van der Waals surface area (Å²) in [6, 6.07) is 8.27. The maximum atomic E-state index is 5.27. The van der Waals surface area contributed by atoms with Crippen molar-refractivity contribution >= 4 is 21.6 Å². The van der Waals surface area contributed by atoms with Crippen molar-refractivity contribution in [1.29, 1.82) is 0 Å². The number of nitrogens with zero attached hydrogens (tertiary/aromatic N) is 1. The highest BCUT2D eigenvalue weighted by molar-refractivity contribution is 9.10. The number of rotatable bonds is 6. The molecule has 1 aromatic carbocycles. The second-order valence-corrected chi connectivity index (χ2v) is 6.03. The fourth-order valence-electron chi connectivity index (χ4n) is 2.68. The Hall–Kier alpha value is -0.580. The summed E-state index contributed by atoms with van der Waals surface area (Å²) in [5.74, 6) is 0.710. The van der Waals surface area contributed by atoms with Gasteiger partial charge in [0, 0.05) is 36.9 Å². The first-order chi connectivity index (χ1) is 9.29. The van der Waals surface area contributed by atoms with E-state index in [1.165, 1.54) is 31.6 Å². The van der Waals surface area contributed by atoms with Gasteiger partial charge in [0.25, 0.3) is 0 Å². The minimum Gasteiger partial charge on any atom is -0.384 e. The third-order valence-corrected chi connectivity index (χ3v) is 4.31. The number of hydrogen-bond donors (Lipinski definition) is 1. The van der Waals surface area contributed by atoms with Crippen molar-refractivity contribution in [2.45, 2.75) is 12.8 Å². The van der Waals surface area contributed by atoms with Crippen molar-refractivity contribution < 1.29 is 4.74 Å². The average Bonchev–Trinajstić information content (AvgIpc) is 2.42. The summed E-state index contributed by atoms with van der Waals surface area (Å²) in [4.78, 5) is 2.54. The van der Waals surface area contributed by atoms with E-state index in [2.05, 4.69) is 44.3 Å². The molecule has 1 saturated heterocycles. The van der Waals surface area contributed by atoms with Crippen LogP contribution in [0.5, 0.6) is 0 Å². The number of benzene rings is 1. The van der Waals surface area contributed by atoms with Gasteiger partial charge in [-0.3, -0.25) is 0 Å². The number of hydrogen-bond acceptors (Lipinski definition) is 3. The van der Waals surface area contributed by atoms with Gasteiger partial charge in [-0.05, 0) is 53.4 Å². The first kappa shape index (κ1) is 14.8. The van der Waals surface area contributed by atoms with Crippen LogP contribution in [0.3, 0.4) is 0 Å². The van der Waals surface area contributed by atoms with Crippen LogP contribution in [0.1, 0.15) is 12.8 Å². The SMILES string of the molecule is COCC1CCCN(CCNc2ccccc2Br)C1. The second-order valence-electron chi connectivity index (χ2n) is 5.17. The number of methoxy groups -OCH3 is 1. The number of anilines is 1. The van der Waals surface area contributed by atoms with Crippen molar-refractivity contribution in [2.75, 3.05) is 45.2 Å². The van der Waals surface area contributed by atoms with E-state index in [0.29, 0.717) is 5.92 Å². The Morgan fingerprint density at radius 3 is 3.05 bits per heavy atom. The number of likely N-dealkylation sites (tertiary alicyclic amines) is 1. The molecule has 2 rings (SSSR count). The molecular weight excluding hydrogens is 304 g/mol. The molecule has 106 valence electrons. The Morgan fingerprint density at radius 1 is 1.42 bits per heavy atom. The van der Waals surface area contributed by atoms with Crippen molar-refractivity contribution in [1.82, 2.24) is 4.90 Å². The molecule has 0 saturated carbocycles. The van der Waals surface area contributed by atoms with E-state index in [0.717, 1.165) is 24.2 Å². The Balaban J connectivity index is 1.72. The van der Waals surface area contributed by atoms with Crippen LogP contribution in [0, 0.1) is 5.92 Å². The summed E-state index contributed by atoms with van der Waals surface area (Å²) >= 11 is 3.56. The van der Waals surface area contributed by atoms with Crippen LogP contribution in [-0.4, -0.2) is 44.8 Å². The van der Waals surface area contributed by atoms with E-state index in [1.54, 1.807) is 7.11 Å². The smallest absolute Gasteiger partial charge is 0.0502 e. The maximum absolute atomic E-state index is 5.27. The van der Waals surface area contributed by atoms with Crippen molar-refractivity contribution in [3.8, 4) is 0 Å². The lowest BCUT2D eigenvalue weighted by atomic mass is 9.99. The van der Waals surface area contributed by atoms with E-state index in [4.69, 9.17) is 4.74 Å². The van der Waals surface area contributed by atoms with E-state index < -0.39 is 0 Å². The average molecular weight is 327 g/mol. The van der Waals surface area contributed by atoms with Gasteiger partial charge in [0.05, 0.1) is 6.61 Å². The molecule has 0 amide bonds. The molecule has 0 spiro atoms. The van der Waals surface area contributed by atoms with Crippen LogP contribution in [0.15, 0.2) is 28.7 Å².